The number of rotatable bonds is 5. The molecule has 1 aromatic heterocycles. The van der Waals surface area contributed by atoms with E-state index in [0.717, 1.165) is 17.0 Å². The van der Waals surface area contributed by atoms with Crippen LogP contribution in [0.25, 0.3) is 0 Å². The number of furan rings is 1. The van der Waals surface area contributed by atoms with Crippen molar-refractivity contribution in [3.63, 3.8) is 0 Å². The van der Waals surface area contributed by atoms with Gasteiger partial charge in [-0.05, 0) is 36.8 Å². The lowest BCUT2D eigenvalue weighted by atomic mass is 10.2. The third-order valence-corrected chi connectivity index (χ3v) is 2.87. The number of carbonyl (C=O) groups excluding carboxylic acids is 1. The molecule has 2 rings (SSSR count). The molecule has 19 heavy (non-hydrogen) atoms. The number of hydrogen-bond acceptors (Lipinski definition) is 3. The van der Waals surface area contributed by atoms with Gasteiger partial charge in [-0.25, -0.2) is 0 Å². The molecule has 1 aromatic carbocycles. The summed E-state index contributed by atoms with van der Waals surface area (Å²) in [6.45, 7) is 2.77. The van der Waals surface area contributed by atoms with Gasteiger partial charge in [-0.2, -0.15) is 0 Å². The van der Waals surface area contributed by atoms with Gasteiger partial charge >= 0.3 is 0 Å². The van der Waals surface area contributed by atoms with Gasteiger partial charge < -0.3 is 15.1 Å². The van der Waals surface area contributed by atoms with Gasteiger partial charge in [0.05, 0.1) is 12.8 Å². The van der Waals surface area contributed by atoms with E-state index in [9.17, 15) is 4.79 Å². The van der Waals surface area contributed by atoms with Crippen LogP contribution < -0.4 is 10.6 Å². The molecule has 0 bridgehead atoms. The highest BCUT2D eigenvalue weighted by molar-refractivity contribution is 5.93. The third-order valence-electron chi connectivity index (χ3n) is 2.87. The molecule has 0 aliphatic carbocycles. The lowest BCUT2D eigenvalue weighted by Gasteiger charge is -2.22. The predicted octanol–water partition coefficient (Wildman–Crippen LogP) is 2.47. The molecule has 0 radical (unpaired) electrons. The van der Waals surface area contributed by atoms with Gasteiger partial charge in [-0.1, -0.05) is 12.1 Å². The van der Waals surface area contributed by atoms with E-state index in [0.29, 0.717) is 19.5 Å². The summed E-state index contributed by atoms with van der Waals surface area (Å²) in [7, 11) is 0. The summed E-state index contributed by atoms with van der Waals surface area (Å²) in [5, 5.41) is 0. The molecule has 1 amide bonds. The molecule has 0 aliphatic rings. The van der Waals surface area contributed by atoms with E-state index in [2.05, 4.69) is 0 Å². The van der Waals surface area contributed by atoms with Crippen molar-refractivity contribution in [2.45, 2.75) is 19.9 Å². The van der Waals surface area contributed by atoms with E-state index < -0.39 is 0 Å². The number of carbonyl (C=O) groups is 1. The van der Waals surface area contributed by atoms with Gasteiger partial charge in [0.15, 0.2) is 0 Å². The molecule has 100 valence electrons. The first-order valence-corrected chi connectivity index (χ1v) is 6.30. The maximum absolute atomic E-state index is 12.2. The molecule has 0 atom stereocenters. The molecule has 0 unspecified atom stereocenters. The molecule has 4 heteroatoms. The zero-order chi connectivity index (χ0) is 13.7. The molecule has 0 saturated heterocycles. The maximum Gasteiger partial charge on any atom is 0.228 e. The second-order valence-electron chi connectivity index (χ2n) is 4.44. The molecule has 0 spiro atoms. The lowest BCUT2D eigenvalue weighted by Crippen LogP contribution is -2.31. The average molecular weight is 258 g/mol. The van der Waals surface area contributed by atoms with E-state index in [1.165, 1.54) is 0 Å². The highest BCUT2D eigenvalue weighted by Gasteiger charge is 2.16. The van der Waals surface area contributed by atoms with Gasteiger partial charge in [-0.15, -0.1) is 0 Å². The molecule has 0 fully saturated rings. The Morgan fingerprint density at radius 2 is 2.16 bits per heavy atom. The maximum atomic E-state index is 12.2. The van der Waals surface area contributed by atoms with Crippen molar-refractivity contribution in [1.82, 2.24) is 0 Å². The lowest BCUT2D eigenvalue weighted by molar-refractivity contribution is -0.118. The fourth-order valence-corrected chi connectivity index (χ4v) is 1.94. The van der Waals surface area contributed by atoms with Crippen LogP contribution in [0, 0.1) is 6.92 Å². The summed E-state index contributed by atoms with van der Waals surface area (Å²) in [4.78, 5) is 13.9. The number of benzene rings is 1. The Hall–Kier alpha value is -2.07. The zero-order valence-electron chi connectivity index (χ0n) is 11.0. The Balaban J connectivity index is 2.25. The van der Waals surface area contributed by atoms with Crippen LogP contribution in [0.1, 0.15) is 17.7 Å². The van der Waals surface area contributed by atoms with E-state index in [4.69, 9.17) is 10.2 Å². The topological polar surface area (TPSA) is 59.5 Å². The van der Waals surface area contributed by atoms with Crippen molar-refractivity contribution >= 4 is 11.6 Å². The fourth-order valence-electron chi connectivity index (χ4n) is 1.94. The molecule has 4 nitrogen and oxygen atoms in total. The normalized spacial score (nSPS) is 10.4. The van der Waals surface area contributed by atoms with Crippen molar-refractivity contribution in [2.24, 2.45) is 5.73 Å². The fraction of sp³-hybridized carbons (Fsp3) is 0.267. The number of aryl methyl sites for hydroxylation is 1. The standard InChI is InChI=1S/C15H18N2O2/c1-12-4-2-5-13(10-12)17(15(18)7-8-16)11-14-6-3-9-19-14/h2-6,9-10H,7-8,11,16H2,1H3. The monoisotopic (exact) mass is 258 g/mol. The third kappa shape index (κ3) is 3.45. The van der Waals surface area contributed by atoms with Crippen LogP contribution in [0.5, 0.6) is 0 Å². The number of anilines is 1. The highest BCUT2D eigenvalue weighted by atomic mass is 16.3. The minimum absolute atomic E-state index is 0.00417. The Kier molecular flexibility index (Phi) is 4.36. The SMILES string of the molecule is Cc1cccc(N(Cc2ccco2)C(=O)CCN)c1. The summed E-state index contributed by atoms with van der Waals surface area (Å²) in [6, 6.07) is 11.5. The predicted molar refractivity (Wildman–Crippen MR) is 74.7 cm³/mol. The summed E-state index contributed by atoms with van der Waals surface area (Å²) < 4.78 is 5.32. The van der Waals surface area contributed by atoms with Crippen LogP contribution in [-0.2, 0) is 11.3 Å². The smallest absolute Gasteiger partial charge is 0.228 e. The van der Waals surface area contributed by atoms with E-state index in [-0.39, 0.29) is 5.91 Å². The second-order valence-corrected chi connectivity index (χ2v) is 4.44. The first kappa shape index (κ1) is 13.4. The Morgan fingerprint density at radius 3 is 2.79 bits per heavy atom. The van der Waals surface area contributed by atoms with Gasteiger partial charge in [0, 0.05) is 18.7 Å². The van der Waals surface area contributed by atoms with Crippen molar-refractivity contribution in [3.05, 3.63) is 54.0 Å². The first-order valence-electron chi connectivity index (χ1n) is 6.30. The summed E-state index contributed by atoms with van der Waals surface area (Å²) in [5.74, 6) is 0.761. The number of hydrogen-bond donors (Lipinski definition) is 1. The summed E-state index contributed by atoms with van der Waals surface area (Å²) >= 11 is 0. The van der Waals surface area contributed by atoms with Crippen LogP contribution in [0.15, 0.2) is 47.1 Å². The number of amides is 1. The minimum atomic E-state index is 0.00417. The van der Waals surface area contributed by atoms with Gasteiger partial charge in [0.25, 0.3) is 0 Å². The van der Waals surface area contributed by atoms with Gasteiger partial charge in [0.1, 0.15) is 5.76 Å². The molecule has 2 aromatic rings. The van der Waals surface area contributed by atoms with Crippen LogP contribution in [0.4, 0.5) is 5.69 Å². The minimum Gasteiger partial charge on any atom is -0.467 e. The van der Waals surface area contributed by atoms with E-state index in [1.54, 1.807) is 11.2 Å². The summed E-state index contributed by atoms with van der Waals surface area (Å²) in [6.07, 6.45) is 1.94. The van der Waals surface area contributed by atoms with Crippen molar-refractivity contribution in [1.29, 1.82) is 0 Å². The molecule has 2 N–H and O–H groups in total. The molecule has 0 aliphatic heterocycles. The largest absolute Gasteiger partial charge is 0.467 e. The molecule has 1 heterocycles. The van der Waals surface area contributed by atoms with Crippen LogP contribution in [-0.4, -0.2) is 12.5 Å². The second kappa shape index (κ2) is 6.20. The number of nitrogens with two attached hydrogens (primary N) is 1. The van der Waals surface area contributed by atoms with Crippen LogP contribution >= 0.6 is 0 Å². The van der Waals surface area contributed by atoms with Gasteiger partial charge in [-0.3, -0.25) is 4.79 Å². The van der Waals surface area contributed by atoms with Gasteiger partial charge in [0.2, 0.25) is 5.91 Å². The number of nitrogens with zero attached hydrogens (tertiary/aromatic N) is 1. The molecular weight excluding hydrogens is 240 g/mol. The first-order chi connectivity index (χ1) is 9.20. The summed E-state index contributed by atoms with van der Waals surface area (Å²) in [5.41, 5.74) is 7.46. The van der Waals surface area contributed by atoms with Crippen LogP contribution in [0.3, 0.4) is 0 Å². The van der Waals surface area contributed by atoms with E-state index >= 15 is 0 Å². The zero-order valence-corrected chi connectivity index (χ0v) is 11.0. The Labute approximate surface area is 112 Å². The van der Waals surface area contributed by atoms with E-state index in [1.807, 2.05) is 43.3 Å². The van der Waals surface area contributed by atoms with Crippen molar-refractivity contribution in [3.8, 4) is 0 Å². The van der Waals surface area contributed by atoms with Crippen molar-refractivity contribution < 1.29 is 9.21 Å². The van der Waals surface area contributed by atoms with Crippen molar-refractivity contribution in [2.75, 3.05) is 11.4 Å². The quantitative estimate of drug-likeness (QED) is 0.896. The Morgan fingerprint density at radius 1 is 1.32 bits per heavy atom. The molecule has 0 saturated carbocycles. The average Bonchev–Trinajstić information content (AvgIpc) is 2.89. The highest BCUT2D eigenvalue weighted by Crippen LogP contribution is 2.19. The van der Waals surface area contributed by atoms with Crippen LogP contribution in [0.2, 0.25) is 0 Å². The Bertz CT molecular complexity index is 535. The molecular formula is C15H18N2O2.